The lowest BCUT2D eigenvalue weighted by Crippen LogP contribution is -2.31. The fraction of sp³-hybridized carbons (Fsp3) is 0.188. The minimum atomic E-state index is -0.482. The molecule has 0 saturated carbocycles. The number of thioether (sulfide) groups is 1. The van der Waals surface area contributed by atoms with Crippen LogP contribution in [0.2, 0.25) is 5.02 Å². The summed E-state index contributed by atoms with van der Waals surface area (Å²) >= 11 is 7.69. The highest BCUT2D eigenvalue weighted by atomic mass is 35.5. The molecule has 0 N–H and O–H groups in total. The second kappa shape index (κ2) is 6.08. The van der Waals surface area contributed by atoms with Gasteiger partial charge >= 0.3 is 0 Å². The van der Waals surface area contributed by atoms with Crippen LogP contribution in [0.3, 0.4) is 0 Å². The van der Waals surface area contributed by atoms with Crippen LogP contribution >= 0.6 is 23.4 Å². The zero-order valence-electron chi connectivity index (χ0n) is 11.1. The number of carbonyl (C=O) groups is 1. The summed E-state index contributed by atoms with van der Waals surface area (Å²) in [7, 11) is 0. The first-order valence-corrected chi connectivity index (χ1v) is 8.02. The molecule has 0 aliphatic carbocycles. The molecule has 21 heavy (non-hydrogen) atoms. The summed E-state index contributed by atoms with van der Waals surface area (Å²) < 4.78 is 13.8. The van der Waals surface area contributed by atoms with Crippen LogP contribution < -0.4 is 0 Å². The Morgan fingerprint density at radius 1 is 1.24 bits per heavy atom. The van der Waals surface area contributed by atoms with Gasteiger partial charge in [-0.1, -0.05) is 35.9 Å². The lowest BCUT2D eigenvalue weighted by Gasteiger charge is -2.24. The average molecular weight is 322 g/mol. The summed E-state index contributed by atoms with van der Waals surface area (Å²) in [5.41, 5.74) is 1.08. The maximum absolute atomic E-state index is 13.8. The quantitative estimate of drug-likeness (QED) is 0.818. The van der Waals surface area contributed by atoms with Gasteiger partial charge in [0.05, 0.1) is 5.56 Å². The van der Waals surface area contributed by atoms with Gasteiger partial charge in [0, 0.05) is 17.3 Å². The van der Waals surface area contributed by atoms with Crippen LogP contribution in [-0.4, -0.2) is 23.1 Å². The summed E-state index contributed by atoms with van der Waals surface area (Å²) in [6.07, 6.45) is 0. The van der Waals surface area contributed by atoms with E-state index in [0.717, 1.165) is 11.3 Å². The van der Waals surface area contributed by atoms with Gasteiger partial charge in [-0.05, 0) is 29.8 Å². The number of amides is 1. The molecule has 3 rings (SSSR count). The minimum Gasteiger partial charge on any atom is -0.322 e. The summed E-state index contributed by atoms with van der Waals surface area (Å²) in [6.45, 7) is 0.606. The first kappa shape index (κ1) is 14.4. The van der Waals surface area contributed by atoms with Crippen molar-refractivity contribution in [3.63, 3.8) is 0 Å². The molecule has 1 aliphatic heterocycles. The standard InChI is InChI=1S/C16H13ClFNOS/c17-12-5-3-4-11(10-12)16-19(8-9-21-16)15(20)13-6-1-2-7-14(13)18/h1-7,10,16H,8-9H2/t16-/m1/s1. The average Bonchev–Trinajstić information content (AvgIpc) is 2.96. The predicted molar refractivity (Wildman–Crippen MR) is 84.1 cm³/mol. The van der Waals surface area contributed by atoms with E-state index in [1.54, 1.807) is 34.9 Å². The zero-order chi connectivity index (χ0) is 14.8. The topological polar surface area (TPSA) is 20.3 Å². The Kier molecular flexibility index (Phi) is 4.17. The molecule has 2 aromatic rings. The lowest BCUT2D eigenvalue weighted by molar-refractivity contribution is 0.0755. The third-order valence-corrected chi connectivity index (χ3v) is 4.89. The van der Waals surface area contributed by atoms with Gasteiger partial charge in [-0.3, -0.25) is 4.79 Å². The van der Waals surface area contributed by atoms with Gasteiger partial charge in [-0.25, -0.2) is 4.39 Å². The van der Waals surface area contributed by atoms with E-state index in [0.29, 0.717) is 11.6 Å². The first-order valence-electron chi connectivity index (χ1n) is 6.59. The largest absolute Gasteiger partial charge is 0.322 e. The fourth-order valence-electron chi connectivity index (χ4n) is 2.40. The van der Waals surface area contributed by atoms with Crippen LogP contribution in [0, 0.1) is 5.82 Å². The van der Waals surface area contributed by atoms with Crippen LogP contribution in [0.5, 0.6) is 0 Å². The predicted octanol–water partition coefficient (Wildman–Crippen LogP) is 4.37. The summed E-state index contributed by atoms with van der Waals surface area (Å²) in [5, 5.41) is 0.522. The fourth-order valence-corrected chi connectivity index (χ4v) is 3.85. The second-order valence-corrected chi connectivity index (χ2v) is 6.38. The zero-order valence-corrected chi connectivity index (χ0v) is 12.7. The third-order valence-electron chi connectivity index (χ3n) is 3.39. The van der Waals surface area contributed by atoms with E-state index in [2.05, 4.69) is 0 Å². The maximum Gasteiger partial charge on any atom is 0.258 e. The molecule has 0 radical (unpaired) electrons. The molecule has 2 aromatic carbocycles. The third kappa shape index (κ3) is 2.92. The van der Waals surface area contributed by atoms with Crippen molar-refractivity contribution in [2.24, 2.45) is 0 Å². The van der Waals surface area contributed by atoms with Crippen LogP contribution in [0.1, 0.15) is 21.3 Å². The van der Waals surface area contributed by atoms with E-state index < -0.39 is 5.82 Å². The van der Waals surface area contributed by atoms with Crippen LogP contribution in [0.25, 0.3) is 0 Å². The molecule has 0 unspecified atom stereocenters. The van der Waals surface area contributed by atoms with Gasteiger partial charge in [0.25, 0.3) is 5.91 Å². The Bertz CT molecular complexity index is 679. The lowest BCUT2D eigenvalue weighted by atomic mass is 10.1. The minimum absolute atomic E-state index is 0.115. The van der Waals surface area contributed by atoms with Crippen molar-refractivity contribution >= 4 is 29.3 Å². The van der Waals surface area contributed by atoms with Gasteiger partial charge in [0.2, 0.25) is 0 Å². The molecule has 0 aromatic heterocycles. The van der Waals surface area contributed by atoms with E-state index in [4.69, 9.17) is 11.6 Å². The second-order valence-electron chi connectivity index (χ2n) is 4.76. The number of nitrogens with zero attached hydrogens (tertiary/aromatic N) is 1. The molecule has 1 saturated heterocycles. The van der Waals surface area contributed by atoms with Crippen LogP contribution in [-0.2, 0) is 0 Å². The number of carbonyl (C=O) groups excluding carboxylic acids is 1. The van der Waals surface area contributed by atoms with Crippen molar-refractivity contribution in [3.8, 4) is 0 Å². The van der Waals surface area contributed by atoms with Crippen molar-refractivity contribution < 1.29 is 9.18 Å². The van der Waals surface area contributed by atoms with Crippen molar-refractivity contribution in [1.82, 2.24) is 4.90 Å². The molecule has 1 aliphatic rings. The Balaban J connectivity index is 1.91. The number of benzene rings is 2. The first-order chi connectivity index (χ1) is 10.2. The van der Waals surface area contributed by atoms with Crippen molar-refractivity contribution in [2.75, 3.05) is 12.3 Å². The highest BCUT2D eigenvalue weighted by Crippen LogP contribution is 2.39. The summed E-state index contributed by atoms with van der Waals surface area (Å²) in [4.78, 5) is 14.3. The van der Waals surface area contributed by atoms with E-state index in [1.807, 2.05) is 18.2 Å². The van der Waals surface area contributed by atoms with E-state index in [-0.39, 0.29) is 16.8 Å². The van der Waals surface area contributed by atoms with E-state index in [1.165, 1.54) is 12.1 Å². The van der Waals surface area contributed by atoms with E-state index >= 15 is 0 Å². The molecule has 1 atom stereocenters. The Morgan fingerprint density at radius 3 is 2.81 bits per heavy atom. The normalized spacial score (nSPS) is 18.0. The molecule has 5 heteroatoms. The number of hydrogen-bond acceptors (Lipinski definition) is 2. The number of hydrogen-bond donors (Lipinski definition) is 0. The van der Waals surface area contributed by atoms with Gasteiger partial charge in [0.1, 0.15) is 11.2 Å². The van der Waals surface area contributed by atoms with Crippen molar-refractivity contribution in [1.29, 1.82) is 0 Å². The summed E-state index contributed by atoms with van der Waals surface area (Å²) in [5.74, 6) is 0.0736. The number of halogens is 2. The molecule has 108 valence electrons. The summed E-state index contributed by atoms with van der Waals surface area (Å²) in [6, 6.07) is 13.5. The van der Waals surface area contributed by atoms with Gasteiger partial charge in [-0.15, -0.1) is 11.8 Å². The number of rotatable bonds is 2. The Hall–Kier alpha value is -1.52. The maximum atomic E-state index is 13.8. The Morgan fingerprint density at radius 2 is 2.05 bits per heavy atom. The molecular formula is C16H13ClFNOS. The molecule has 2 nitrogen and oxygen atoms in total. The molecule has 0 bridgehead atoms. The Labute approximate surface area is 131 Å². The SMILES string of the molecule is O=C(c1ccccc1F)N1CCS[C@@H]1c1cccc(Cl)c1. The monoisotopic (exact) mass is 321 g/mol. The molecule has 0 spiro atoms. The highest BCUT2D eigenvalue weighted by Gasteiger charge is 2.32. The smallest absolute Gasteiger partial charge is 0.258 e. The highest BCUT2D eigenvalue weighted by molar-refractivity contribution is 7.99. The van der Waals surface area contributed by atoms with Crippen LogP contribution in [0.4, 0.5) is 4.39 Å². The van der Waals surface area contributed by atoms with E-state index in [9.17, 15) is 9.18 Å². The molecule has 1 fully saturated rings. The molecule has 1 amide bonds. The molecule has 1 heterocycles. The van der Waals surface area contributed by atoms with Crippen LogP contribution in [0.15, 0.2) is 48.5 Å². The van der Waals surface area contributed by atoms with Gasteiger partial charge < -0.3 is 4.90 Å². The van der Waals surface area contributed by atoms with Gasteiger partial charge in [-0.2, -0.15) is 0 Å². The molecular weight excluding hydrogens is 309 g/mol. The van der Waals surface area contributed by atoms with Crippen molar-refractivity contribution in [2.45, 2.75) is 5.37 Å². The van der Waals surface area contributed by atoms with Gasteiger partial charge in [0.15, 0.2) is 0 Å². The van der Waals surface area contributed by atoms with Crippen molar-refractivity contribution in [3.05, 3.63) is 70.5 Å².